The third kappa shape index (κ3) is 4.04. The quantitative estimate of drug-likeness (QED) is 0.274. The molecule has 4 fully saturated rings. The van der Waals surface area contributed by atoms with Gasteiger partial charge in [-0.2, -0.15) is 4.98 Å². The van der Waals surface area contributed by atoms with Gasteiger partial charge in [0.15, 0.2) is 23.3 Å². The fourth-order valence-electron chi connectivity index (χ4n) is 7.81. The van der Waals surface area contributed by atoms with Crippen LogP contribution in [0.4, 0.5) is 23.4 Å². The van der Waals surface area contributed by atoms with Gasteiger partial charge in [-0.3, -0.25) is 4.90 Å². The Morgan fingerprint density at radius 1 is 1.05 bits per heavy atom. The highest BCUT2D eigenvalue weighted by molar-refractivity contribution is 6.02. The molecule has 2 aromatic carbocycles. The molecule has 4 saturated heterocycles. The van der Waals surface area contributed by atoms with Crippen LogP contribution < -0.4 is 15.0 Å². The predicted molar refractivity (Wildman–Crippen MR) is 151 cm³/mol. The summed E-state index contributed by atoms with van der Waals surface area (Å²) in [5.41, 5.74) is -0.0565. The molecule has 0 amide bonds. The van der Waals surface area contributed by atoms with Crippen LogP contribution in [0.1, 0.15) is 32.1 Å². The first kappa shape index (κ1) is 26.1. The van der Waals surface area contributed by atoms with Crippen LogP contribution in [-0.4, -0.2) is 76.6 Å². The molecule has 0 aliphatic carbocycles. The van der Waals surface area contributed by atoms with Gasteiger partial charge in [0.2, 0.25) is 5.88 Å². The number of fused-ring (bicyclic) bond motifs is 5. The Hall–Kier alpha value is -3.57. The molecule has 3 N–H and O–H groups in total. The van der Waals surface area contributed by atoms with E-state index >= 15 is 8.78 Å². The molecule has 2 aromatic heterocycles. The number of phenolic OH excluding ortho intramolecular Hbond substituents is 1. The zero-order valence-electron chi connectivity index (χ0n) is 22.9. The van der Waals surface area contributed by atoms with Crippen LogP contribution in [0.2, 0.25) is 0 Å². The van der Waals surface area contributed by atoms with E-state index in [1.54, 1.807) is 0 Å². The molecule has 11 heteroatoms. The first-order valence-electron chi connectivity index (χ1n) is 14.6. The molecular weight excluding hydrogens is 550 g/mol. The molecule has 6 heterocycles. The zero-order chi connectivity index (χ0) is 28.7. The van der Waals surface area contributed by atoms with E-state index in [9.17, 15) is 13.9 Å². The number of rotatable bonds is 5. The third-order valence-electron chi connectivity index (χ3n) is 9.71. The van der Waals surface area contributed by atoms with Gasteiger partial charge in [-0.15, -0.1) is 0 Å². The summed E-state index contributed by atoms with van der Waals surface area (Å²) in [6.45, 7) is 2.83. The SMILES string of the molecule is Oc1cc(-c2[nH]c3c(N4CC5CCC(C4)N5)nc(OC[C@@]45CCCN4C[C@H](F)C5)cc3c2F)c2c(F)c(F)ccc2c1. The fraction of sp³-hybridized carbons (Fsp3) is 0.452. The molecule has 8 rings (SSSR count). The largest absolute Gasteiger partial charge is 0.508 e. The summed E-state index contributed by atoms with van der Waals surface area (Å²) in [6, 6.07) is 6.95. The minimum absolute atomic E-state index is 0.00456. The van der Waals surface area contributed by atoms with E-state index in [1.165, 1.54) is 24.3 Å². The highest BCUT2D eigenvalue weighted by Gasteiger charge is 2.49. The van der Waals surface area contributed by atoms with Crippen LogP contribution in [0.3, 0.4) is 0 Å². The first-order chi connectivity index (χ1) is 20.3. The van der Waals surface area contributed by atoms with Gasteiger partial charge in [-0.1, -0.05) is 6.07 Å². The summed E-state index contributed by atoms with van der Waals surface area (Å²) in [5, 5.41) is 14.3. The number of ether oxygens (including phenoxy) is 1. The van der Waals surface area contributed by atoms with Gasteiger partial charge in [0.1, 0.15) is 18.5 Å². The Morgan fingerprint density at radius 3 is 2.67 bits per heavy atom. The number of alkyl halides is 1. The Labute approximate surface area is 239 Å². The van der Waals surface area contributed by atoms with Crippen molar-refractivity contribution in [3.8, 4) is 22.9 Å². The number of aromatic nitrogens is 2. The van der Waals surface area contributed by atoms with Gasteiger partial charge in [-0.05, 0) is 55.8 Å². The summed E-state index contributed by atoms with van der Waals surface area (Å²) in [7, 11) is 0. The van der Waals surface area contributed by atoms with Gasteiger partial charge < -0.3 is 25.0 Å². The number of aromatic amines is 1. The van der Waals surface area contributed by atoms with Crippen LogP contribution in [0.15, 0.2) is 30.3 Å². The van der Waals surface area contributed by atoms with Crippen molar-refractivity contribution in [1.29, 1.82) is 0 Å². The van der Waals surface area contributed by atoms with Crippen molar-refractivity contribution in [3.63, 3.8) is 0 Å². The lowest BCUT2D eigenvalue weighted by atomic mass is 9.95. The average Bonchev–Trinajstić information content (AvgIpc) is 3.69. The maximum atomic E-state index is 16.4. The zero-order valence-corrected chi connectivity index (χ0v) is 22.9. The van der Waals surface area contributed by atoms with Gasteiger partial charge in [0.25, 0.3) is 0 Å². The maximum absolute atomic E-state index is 16.4. The van der Waals surface area contributed by atoms with Crippen molar-refractivity contribution >= 4 is 27.5 Å². The van der Waals surface area contributed by atoms with Gasteiger partial charge in [0, 0.05) is 60.5 Å². The summed E-state index contributed by atoms with van der Waals surface area (Å²) >= 11 is 0. The van der Waals surface area contributed by atoms with E-state index in [-0.39, 0.29) is 57.7 Å². The molecule has 4 aliphatic heterocycles. The molecule has 0 saturated carbocycles. The highest BCUT2D eigenvalue weighted by atomic mass is 19.2. The van der Waals surface area contributed by atoms with E-state index in [0.29, 0.717) is 37.4 Å². The minimum Gasteiger partial charge on any atom is -0.508 e. The van der Waals surface area contributed by atoms with E-state index in [4.69, 9.17) is 9.72 Å². The lowest BCUT2D eigenvalue weighted by Crippen LogP contribution is -2.51. The smallest absolute Gasteiger partial charge is 0.216 e. The number of nitrogens with one attached hydrogen (secondary N) is 2. The predicted octanol–water partition coefficient (Wildman–Crippen LogP) is 5.40. The Morgan fingerprint density at radius 2 is 1.86 bits per heavy atom. The summed E-state index contributed by atoms with van der Waals surface area (Å²) in [4.78, 5) is 12.2. The summed E-state index contributed by atoms with van der Waals surface area (Å²) < 4.78 is 66.4. The van der Waals surface area contributed by atoms with Crippen LogP contribution in [0, 0.1) is 17.5 Å². The number of hydrogen-bond donors (Lipinski definition) is 3. The van der Waals surface area contributed by atoms with Gasteiger partial charge in [0.05, 0.1) is 16.7 Å². The summed E-state index contributed by atoms with van der Waals surface area (Å²) in [6.07, 6.45) is 3.38. The van der Waals surface area contributed by atoms with Crippen molar-refractivity contribution in [3.05, 3.63) is 47.8 Å². The van der Waals surface area contributed by atoms with Crippen molar-refractivity contribution < 1.29 is 27.4 Å². The van der Waals surface area contributed by atoms with Crippen LogP contribution >= 0.6 is 0 Å². The Kier molecular flexibility index (Phi) is 5.88. The van der Waals surface area contributed by atoms with Crippen LogP contribution in [0.5, 0.6) is 11.6 Å². The molecule has 2 unspecified atom stereocenters. The van der Waals surface area contributed by atoms with E-state index < -0.39 is 29.2 Å². The number of H-pyrrole nitrogens is 1. The van der Waals surface area contributed by atoms with Crippen molar-refractivity contribution in [1.82, 2.24) is 20.2 Å². The number of phenols is 1. The monoisotopic (exact) mass is 581 g/mol. The summed E-state index contributed by atoms with van der Waals surface area (Å²) in [5.74, 6) is -2.33. The molecular formula is C31H31F4N5O2. The van der Waals surface area contributed by atoms with Crippen LogP contribution in [0.25, 0.3) is 32.9 Å². The number of benzene rings is 2. The molecule has 0 radical (unpaired) electrons. The lowest BCUT2D eigenvalue weighted by molar-refractivity contribution is 0.111. The van der Waals surface area contributed by atoms with Crippen molar-refractivity contribution in [2.75, 3.05) is 37.7 Å². The number of pyridine rings is 1. The maximum Gasteiger partial charge on any atom is 0.216 e. The van der Waals surface area contributed by atoms with Gasteiger partial charge in [-0.25, -0.2) is 17.6 Å². The average molecular weight is 582 g/mol. The lowest BCUT2D eigenvalue weighted by Gasteiger charge is -2.34. The van der Waals surface area contributed by atoms with E-state index in [2.05, 4.69) is 20.1 Å². The molecule has 4 atom stereocenters. The molecule has 2 bridgehead atoms. The molecule has 4 aliphatic rings. The minimum atomic E-state index is -1.12. The number of hydrogen-bond acceptors (Lipinski definition) is 6. The fourth-order valence-corrected chi connectivity index (χ4v) is 7.81. The molecule has 42 heavy (non-hydrogen) atoms. The second-order valence-corrected chi connectivity index (χ2v) is 12.4. The number of halogens is 4. The highest BCUT2D eigenvalue weighted by Crippen LogP contribution is 2.43. The molecule has 4 aromatic rings. The topological polar surface area (TPSA) is 76.7 Å². The Bertz CT molecular complexity index is 1720. The first-order valence-corrected chi connectivity index (χ1v) is 14.6. The number of aromatic hydroxyl groups is 1. The number of piperazine rings is 1. The van der Waals surface area contributed by atoms with Crippen molar-refractivity contribution in [2.24, 2.45) is 0 Å². The molecule has 0 spiro atoms. The number of anilines is 1. The van der Waals surface area contributed by atoms with Gasteiger partial charge >= 0.3 is 0 Å². The standard InChI is InChI=1S/C31H31F4N5O2/c32-17-11-31(6-1-7-40(31)12-17)15-42-24-10-22-26(34)28(21-9-20(41)8-16-2-5-23(33)27(35)25(16)21)38-29(22)30(37-24)39-13-18-3-4-19(14-39)36-18/h2,5,8-10,17-19,36,38,41H,1,3-4,6-7,11-15H2/t17-,18?,19?,31+/m1/s1. The second kappa shape index (κ2) is 9.47. The van der Waals surface area contributed by atoms with Crippen molar-refractivity contribution in [2.45, 2.75) is 55.9 Å². The molecule has 220 valence electrons. The van der Waals surface area contributed by atoms with E-state index in [0.717, 1.165) is 38.3 Å². The normalized spacial score (nSPS) is 27.4. The third-order valence-corrected chi connectivity index (χ3v) is 9.71. The second-order valence-electron chi connectivity index (χ2n) is 12.4. The van der Waals surface area contributed by atoms with E-state index in [1.807, 2.05) is 0 Å². The Balaban J connectivity index is 1.26. The molecule has 7 nitrogen and oxygen atoms in total. The van der Waals surface area contributed by atoms with Crippen LogP contribution in [-0.2, 0) is 0 Å². The number of nitrogens with zero attached hydrogens (tertiary/aromatic N) is 3.